The van der Waals surface area contributed by atoms with Gasteiger partial charge in [-0.15, -0.1) is 9.69 Å². The quantitative estimate of drug-likeness (QED) is 0.631. The van der Waals surface area contributed by atoms with Gasteiger partial charge >= 0.3 is 0 Å². The second-order valence-corrected chi connectivity index (χ2v) is 9.29. The van der Waals surface area contributed by atoms with Crippen molar-refractivity contribution in [1.29, 1.82) is 0 Å². The van der Waals surface area contributed by atoms with Crippen molar-refractivity contribution in [2.75, 3.05) is 7.05 Å². The molecule has 0 aromatic heterocycles. The van der Waals surface area contributed by atoms with Gasteiger partial charge in [-0.25, -0.2) is 0 Å². The first-order valence-electron chi connectivity index (χ1n) is 9.64. The summed E-state index contributed by atoms with van der Waals surface area (Å²) in [7, 11) is 2.07. The molecule has 3 nitrogen and oxygen atoms in total. The van der Waals surface area contributed by atoms with Crippen molar-refractivity contribution in [3.05, 3.63) is 0 Å². The Hall–Kier alpha value is -0.860. The fourth-order valence-electron chi connectivity index (χ4n) is 7.87. The van der Waals surface area contributed by atoms with Crippen molar-refractivity contribution >= 4 is 11.6 Å². The van der Waals surface area contributed by atoms with E-state index in [4.69, 9.17) is 0 Å². The number of hydrazine groups is 1. The molecule has 1 aliphatic heterocycles. The smallest absolute Gasteiger partial charge is 0.268 e. The van der Waals surface area contributed by atoms with Crippen molar-refractivity contribution in [2.45, 2.75) is 57.4 Å². The predicted molar refractivity (Wildman–Crippen MR) is 83.2 cm³/mol. The number of fused-ring (bicyclic) bond motifs is 5. The van der Waals surface area contributed by atoms with Crippen molar-refractivity contribution in [2.24, 2.45) is 41.4 Å². The van der Waals surface area contributed by atoms with E-state index in [9.17, 15) is 4.79 Å². The lowest BCUT2D eigenvalue weighted by Crippen LogP contribution is -2.52. The average Bonchev–Trinajstić information content (AvgIpc) is 3.15. The summed E-state index contributed by atoms with van der Waals surface area (Å²) >= 11 is 0. The highest BCUT2D eigenvalue weighted by molar-refractivity contribution is 5.89. The van der Waals surface area contributed by atoms with Crippen LogP contribution in [-0.2, 0) is 4.79 Å². The SMILES string of the molecule is CN1C(=O)C2[C@@H]3CC[C@@H](C3)[C@H]2[N+]1=C1C2CC3CC(C2)CC1C3. The molecule has 1 unspecified atom stereocenters. The summed E-state index contributed by atoms with van der Waals surface area (Å²) in [5.41, 5.74) is 1.71. The Morgan fingerprint density at radius 1 is 0.909 bits per heavy atom. The minimum absolute atomic E-state index is 0.341. The molecule has 6 aliphatic carbocycles. The van der Waals surface area contributed by atoms with Gasteiger partial charge in [0.1, 0.15) is 5.92 Å². The molecular weight excluding hydrogens is 272 g/mol. The summed E-state index contributed by atoms with van der Waals surface area (Å²) in [6, 6.07) is 0.545. The molecule has 3 heteroatoms. The number of hydrogen-bond acceptors (Lipinski definition) is 1. The number of rotatable bonds is 0. The van der Waals surface area contributed by atoms with E-state index < -0.39 is 0 Å². The lowest BCUT2D eigenvalue weighted by Gasteiger charge is -2.48. The molecule has 7 rings (SSSR count). The Kier molecular flexibility index (Phi) is 2.26. The van der Waals surface area contributed by atoms with E-state index in [1.165, 1.54) is 51.4 Å². The molecule has 0 aromatic rings. The lowest BCUT2D eigenvalue weighted by atomic mass is 9.55. The van der Waals surface area contributed by atoms with Gasteiger partial charge in [0.2, 0.25) is 0 Å². The zero-order valence-corrected chi connectivity index (χ0v) is 13.6. The van der Waals surface area contributed by atoms with Gasteiger partial charge in [0, 0.05) is 17.8 Å². The molecule has 0 radical (unpaired) electrons. The second kappa shape index (κ2) is 3.96. The first-order valence-corrected chi connectivity index (χ1v) is 9.64. The third-order valence-corrected chi connectivity index (χ3v) is 8.32. The topological polar surface area (TPSA) is 23.3 Å². The Labute approximate surface area is 132 Å². The van der Waals surface area contributed by atoms with E-state index in [2.05, 4.69) is 16.7 Å². The van der Waals surface area contributed by atoms with Gasteiger partial charge in [-0.2, -0.15) is 0 Å². The summed E-state index contributed by atoms with van der Waals surface area (Å²) in [6.07, 6.45) is 11.2. The number of amides is 1. The predicted octanol–water partition coefficient (Wildman–Crippen LogP) is 2.70. The minimum Gasteiger partial charge on any atom is -0.268 e. The molecule has 22 heavy (non-hydrogen) atoms. The fraction of sp³-hybridized carbons (Fsp3) is 0.895. The maximum atomic E-state index is 12.9. The van der Waals surface area contributed by atoms with Crippen LogP contribution in [0.15, 0.2) is 0 Å². The van der Waals surface area contributed by atoms with Crippen LogP contribution in [0.5, 0.6) is 0 Å². The molecule has 118 valence electrons. The summed E-state index contributed by atoms with van der Waals surface area (Å²) in [4.78, 5) is 12.9. The van der Waals surface area contributed by atoms with Crippen LogP contribution < -0.4 is 0 Å². The van der Waals surface area contributed by atoms with Crippen LogP contribution in [0.4, 0.5) is 0 Å². The molecule has 7 aliphatic rings. The van der Waals surface area contributed by atoms with Crippen LogP contribution in [0.1, 0.15) is 51.4 Å². The van der Waals surface area contributed by atoms with Crippen LogP contribution in [0.2, 0.25) is 0 Å². The Morgan fingerprint density at radius 3 is 2.23 bits per heavy atom. The molecule has 6 bridgehead atoms. The van der Waals surface area contributed by atoms with Crippen LogP contribution in [-0.4, -0.2) is 34.4 Å². The fourth-order valence-corrected chi connectivity index (χ4v) is 7.87. The normalized spacial score (nSPS) is 54.8. The molecule has 7 fully saturated rings. The first-order chi connectivity index (χ1) is 10.7. The number of nitrogens with zero attached hydrogens (tertiary/aromatic N) is 2. The van der Waals surface area contributed by atoms with Gasteiger partial charge in [0.25, 0.3) is 5.91 Å². The highest BCUT2D eigenvalue weighted by Crippen LogP contribution is 2.56. The molecule has 6 saturated carbocycles. The number of hydrazone groups is 1. The maximum absolute atomic E-state index is 12.9. The van der Waals surface area contributed by atoms with Gasteiger partial charge in [-0.3, -0.25) is 4.79 Å². The molecule has 1 heterocycles. The van der Waals surface area contributed by atoms with Crippen LogP contribution in [0.25, 0.3) is 0 Å². The summed E-state index contributed by atoms with van der Waals surface area (Å²) in [5, 5.41) is 2.07. The maximum Gasteiger partial charge on any atom is 0.287 e. The third kappa shape index (κ3) is 1.36. The van der Waals surface area contributed by atoms with Gasteiger partial charge in [0.15, 0.2) is 11.8 Å². The van der Waals surface area contributed by atoms with Crippen LogP contribution in [0, 0.1) is 41.4 Å². The number of hydrogen-bond donors (Lipinski definition) is 0. The van der Waals surface area contributed by atoms with Gasteiger partial charge in [-0.05, 0) is 69.1 Å². The zero-order chi connectivity index (χ0) is 14.6. The highest BCUT2D eigenvalue weighted by Gasteiger charge is 2.66. The van der Waals surface area contributed by atoms with Gasteiger partial charge in [-0.1, -0.05) is 0 Å². The first kappa shape index (κ1) is 12.5. The third-order valence-electron chi connectivity index (χ3n) is 8.32. The number of carbonyl (C=O) groups excluding carboxylic acids is 1. The largest absolute Gasteiger partial charge is 0.287 e. The molecule has 0 N–H and O–H groups in total. The summed E-state index contributed by atoms with van der Waals surface area (Å²) < 4.78 is 2.59. The average molecular weight is 299 g/mol. The van der Waals surface area contributed by atoms with Crippen molar-refractivity contribution < 1.29 is 9.48 Å². The zero-order valence-electron chi connectivity index (χ0n) is 13.6. The van der Waals surface area contributed by atoms with Gasteiger partial charge in [0.05, 0.1) is 7.05 Å². The molecule has 0 aromatic carbocycles. The van der Waals surface area contributed by atoms with Crippen molar-refractivity contribution in [3.8, 4) is 0 Å². The summed E-state index contributed by atoms with van der Waals surface area (Å²) in [6.45, 7) is 0. The Morgan fingerprint density at radius 2 is 1.55 bits per heavy atom. The molecule has 0 spiro atoms. The number of carbonyl (C=O) groups is 1. The molecule has 4 atom stereocenters. The van der Waals surface area contributed by atoms with E-state index in [0.717, 1.165) is 29.6 Å². The second-order valence-electron chi connectivity index (χ2n) is 9.29. The van der Waals surface area contributed by atoms with Crippen LogP contribution >= 0.6 is 0 Å². The van der Waals surface area contributed by atoms with E-state index in [1.54, 1.807) is 5.71 Å². The molecule has 1 amide bonds. The van der Waals surface area contributed by atoms with Crippen molar-refractivity contribution in [3.63, 3.8) is 0 Å². The molecule has 1 saturated heterocycles. The van der Waals surface area contributed by atoms with E-state index in [0.29, 0.717) is 23.8 Å². The highest BCUT2D eigenvalue weighted by atomic mass is 16.2. The molecular formula is C19H27N2O+. The standard InChI is InChI=1S/C19H27N2O/c1-20-19(22)16-12-2-3-13(9-12)18(16)21(20)17-14-5-10-4-11(7-14)8-15(17)6-10/h10-16,18H,2-9H2,1H3/q+1/t10?,11?,12-,13+,14?,15?,16?,18-/m1/s1. The van der Waals surface area contributed by atoms with Crippen LogP contribution in [0.3, 0.4) is 0 Å². The van der Waals surface area contributed by atoms with Gasteiger partial charge < -0.3 is 0 Å². The van der Waals surface area contributed by atoms with E-state index >= 15 is 0 Å². The summed E-state index contributed by atoms with van der Waals surface area (Å²) in [5.74, 6) is 5.91. The monoisotopic (exact) mass is 299 g/mol. The Balaban J connectivity index is 1.49. The Bertz CT molecular complexity index is 564. The van der Waals surface area contributed by atoms with E-state index in [1.807, 2.05) is 0 Å². The van der Waals surface area contributed by atoms with Crippen molar-refractivity contribution in [1.82, 2.24) is 5.01 Å². The van der Waals surface area contributed by atoms with E-state index in [-0.39, 0.29) is 0 Å². The lowest BCUT2D eigenvalue weighted by molar-refractivity contribution is -0.688. The minimum atomic E-state index is 0.341.